The molecule has 6 atom stereocenters. The minimum Gasteiger partial charge on any atom is -0.390 e. The Kier molecular flexibility index (Phi) is 3.83. The van der Waals surface area contributed by atoms with Crippen molar-refractivity contribution in [2.24, 2.45) is 11.8 Å². The molecule has 4 heterocycles. The molecule has 4 aliphatic rings. The lowest BCUT2D eigenvalue weighted by molar-refractivity contribution is -0.0909. The lowest BCUT2D eigenvalue weighted by Gasteiger charge is -2.06. The van der Waals surface area contributed by atoms with E-state index in [2.05, 4.69) is 0 Å². The summed E-state index contributed by atoms with van der Waals surface area (Å²) < 4.78 is 20.6. The SMILES string of the molecule is O[C@@H]1CO[C@H]2OCC[C@H]21.O[C@H]1CO[C@H]2OCC[C@H]21. The third-order valence-corrected chi connectivity index (χ3v) is 4.02. The molecule has 0 amide bonds. The number of fused-ring (bicyclic) bond motifs is 2. The third-order valence-electron chi connectivity index (χ3n) is 4.02. The van der Waals surface area contributed by atoms with Gasteiger partial charge in [0.1, 0.15) is 0 Å². The van der Waals surface area contributed by atoms with Crippen LogP contribution in [-0.2, 0) is 18.9 Å². The maximum atomic E-state index is 9.19. The quantitative estimate of drug-likeness (QED) is 0.610. The highest BCUT2D eigenvalue weighted by molar-refractivity contribution is 4.82. The molecule has 0 radical (unpaired) electrons. The highest BCUT2D eigenvalue weighted by Crippen LogP contribution is 2.31. The van der Waals surface area contributed by atoms with Gasteiger partial charge >= 0.3 is 0 Å². The van der Waals surface area contributed by atoms with Gasteiger partial charge in [-0.2, -0.15) is 0 Å². The molecule has 0 unspecified atom stereocenters. The smallest absolute Gasteiger partial charge is 0.163 e. The van der Waals surface area contributed by atoms with Crippen LogP contribution in [0.3, 0.4) is 0 Å². The summed E-state index contributed by atoms with van der Waals surface area (Å²) in [6.07, 6.45) is 1.15. The van der Waals surface area contributed by atoms with Gasteiger partial charge in [0.2, 0.25) is 0 Å². The largest absolute Gasteiger partial charge is 0.390 e. The Morgan fingerprint density at radius 2 is 1.11 bits per heavy atom. The minimum absolute atomic E-state index is 0.0972. The first kappa shape index (κ1) is 12.8. The molecule has 0 aliphatic carbocycles. The van der Waals surface area contributed by atoms with Gasteiger partial charge in [0, 0.05) is 11.8 Å². The van der Waals surface area contributed by atoms with Crippen LogP contribution in [0.15, 0.2) is 0 Å². The summed E-state index contributed by atoms with van der Waals surface area (Å²) in [5, 5.41) is 18.4. The van der Waals surface area contributed by atoms with Crippen molar-refractivity contribution in [3.8, 4) is 0 Å². The van der Waals surface area contributed by atoms with Gasteiger partial charge in [-0.3, -0.25) is 0 Å². The summed E-state index contributed by atoms with van der Waals surface area (Å²) in [6.45, 7) is 2.39. The Morgan fingerprint density at radius 1 is 0.667 bits per heavy atom. The fraction of sp³-hybridized carbons (Fsp3) is 1.00. The van der Waals surface area contributed by atoms with E-state index in [4.69, 9.17) is 18.9 Å². The van der Waals surface area contributed by atoms with E-state index in [9.17, 15) is 10.2 Å². The Morgan fingerprint density at radius 3 is 1.50 bits per heavy atom. The molecule has 0 aromatic rings. The zero-order chi connectivity index (χ0) is 12.5. The van der Waals surface area contributed by atoms with E-state index in [0.717, 1.165) is 26.1 Å². The number of hydrogen-bond acceptors (Lipinski definition) is 6. The molecule has 2 N–H and O–H groups in total. The van der Waals surface area contributed by atoms with E-state index in [1.165, 1.54) is 0 Å². The molecule has 6 nitrogen and oxygen atoms in total. The lowest BCUT2D eigenvalue weighted by atomic mass is 10.0. The van der Waals surface area contributed by atoms with Crippen LogP contribution >= 0.6 is 0 Å². The zero-order valence-electron chi connectivity index (χ0n) is 10.2. The fourth-order valence-corrected chi connectivity index (χ4v) is 2.88. The Hall–Kier alpha value is -0.240. The van der Waals surface area contributed by atoms with Crippen LogP contribution in [0.5, 0.6) is 0 Å². The van der Waals surface area contributed by atoms with Crippen molar-refractivity contribution in [2.45, 2.75) is 37.6 Å². The van der Waals surface area contributed by atoms with Crippen molar-refractivity contribution >= 4 is 0 Å². The second-order valence-electron chi connectivity index (χ2n) is 5.18. The molecule has 0 aromatic carbocycles. The van der Waals surface area contributed by atoms with Crippen molar-refractivity contribution in [3.63, 3.8) is 0 Å². The predicted molar refractivity (Wildman–Crippen MR) is 59.6 cm³/mol. The molecule has 0 bridgehead atoms. The monoisotopic (exact) mass is 260 g/mol. The minimum atomic E-state index is -0.280. The average Bonchev–Trinajstić information content (AvgIpc) is 3.06. The lowest BCUT2D eigenvalue weighted by Crippen LogP contribution is -2.18. The summed E-state index contributed by atoms with van der Waals surface area (Å²) in [5.41, 5.74) is 0. The standard InChI is InChI=1S/2C6H10O3/c2*7-5-3-9-6-4(5)1-2-8-6/h2*4-7H,1-3H2/t4-,5+,6+;4-,5-,6+/m00/s1. The molecular formula is C12H20O6. The van der Waals surface area contributed by atoms with E-state index in [1.54, 1.807) is 0 Å². The number of ether oxygens (including phenoxy) is 4. The third kappa shape index (κ3) is 2.41. The van der Waals surface area contributed by atoms with Crippen LogP contribution < -0.4 is 0 Å². The van der Waals surface area contributed by atoms with Crippen LogP contribution in [0, 0.1) is 11.8 Å². The van der Waals surface area contributed by atoms with Gasteiger partial charge < -0.3 is 29.2 Å². The molecule has 6 heteroatoms. The zero-order valence-corrected chi connectivity index (χ0v) is 10.2. The number of aliphatic hydroxyl groups excluding tert-OH is 2. The van der Waals surface area contributed by atoms with E-state index < -0.39 is 0 Å². The maximum absolute atomic E-state index is 9.19. The van der Waals surface area contributed by atoms with E-state index >= 15 is 0 Å². The van der Waals surface area contributed by atoms with Gasteiger partial charge in [-0.05, 0) is 12.8 Å². The van der Waals surface area contributed by atoms with E-state index in [1.807, 2.05) is 0 Å². The molecule has 104 valence electrons. The van der Waals surface area contributed by atoms with Crippen molar-refractivity contribution < 1.29 is 29.2 Å². The van der Waals surface area contributed by atoms with E-state index in [-0.39, 0.29) is 36.6 Å². The maximum Gasteiger partial charge on any atom is 0.163 e. The first-order chi connectivity index (χ1) is 8.75. The normalized spacial score (nSPS) is 49.7. The molecule has 4 rings (SSSR count). The van der Waals surface area contributed by atoms with E-state index in [0.29, 0.717) is 13.2 Å². The van der Waals surface area contributed by atoms with Crippen LogP contribution in [0.1, 0.15) is 12.8 Å². The summed E-state index contributed by atoms with van der Waals surface area (Å²) in [6, 6.07) is 0. The molecule has 4 fully saturated rings. The highest BCUT2D eigenvalue weighted by Gasteiger charge is 2.41. The first-order valence-electron chi connectivity index (χ1n) is 6.58. The number of rotatable bonds is 0. The summed E-state index contributed by atoms with van der Waals surface area (Å²) >= 11 is 0. The summed E-state index contributed by atoms with van der Waals surface area (Å²) in [4.78, 5) is 0. The van der Waals surface area contributed by atoms with Gasteiger partial charge in [-0.25, -0.2) is 0 Å². The molecule has 0 aromatic heterocycles. The molecule has 4 aliphatic heterocycles. The molecular weight excluding hydrogens is 240 g/mol. The van der Waals surface area contributed by atoms with Crippen molar-refractivity contribution in [1.82, 2.24) is 0 Å². The van der Waals surface area contributed by atoms with Crippen LogP contribution in [-0.4, -0.2) is 61.4 Å². The summed E-state index contributed by atoms with van der Waals surface area (Å²) in [7, 11) is 0. The molecule has 0 spiro atoms. The second kappa shape index (κ2) is 5.40. The van der Waals surface area contributed by atoms with Gasteiger partial charge in [-0.15, -0.1) is 0 Å². The highest BCUT2D eigenvalue weighted by atomic mass is 16.7. The van der Waals surface area contributed by atoms with Gasteiger partial charge in [0.15, 0.2) is 12.6 Å². The van der Waals surface area contributed by atoms with Gasteiger partial charge in [-0.1, -0.05) is 0 Å². The topological polar surface area (TPSA) is 77.4 Å². The van der Waals surface area contributed by atoms with Crippen LogP contribution in [0.4, 0.5) is 0 Å². The summed E-state index contributed by atoms with van der Waals surface area (Å²) in [5.74, 6) is 0.509. The Labute approximate surface area is 106 Å². The molecule has 0 saturated carbocycles. The Bertz CT molecular complexity index is 258. The predicted octanol–water partition coefficient (Wildman–Crippen LogP) is -0.520. The van der Waals surface area contributed by atoms with Crippen molar-refractivity contribution in [3.05, 3.63) is 0 Å². The van der Waals surface area contributed by atoms with Gasteiger partial charge in [0.05, 0.1) is 38.6 Å². The number of hydrogen-bond donors (Lipinski definition) is 2. The van der Waals surface area contributed by atoms with Crippen LogP contribution in [0.25, 0.3) is 0 Å². The second-order valence-corrected chi connectivity index (χ2v) is 5.18. The van der Waals surface area contributed by atoms with Gasteiger partial charge in [0.25, 0.3) is 0 Å². The van der Waals surface area contributed by atoms with Crippen molar-refractivity contribution in [1.29, 1.82) is 0 Å². The number of aliphatic hydroxyl groups is 2. The molecule has 4 saturated heterocycles. The van der Waals surface area contributed by atoms with Crippen LogP contribution in [0.2, 0.25) is 0 Å². The Balaban J connectivity index is 0.000000111. The van der Waals surface area contributed by atoms with Crippen molar-refractivity contribution in [2.75, 3.05) is 26.4 Å². The average molecular weight is 260 g/mol. The fourth-order valence-electron chi connectivity index (χ4n) is 2.88. The first-order valence-corrected chi connectivity index (χ1v) is 6.58. The molecule has 18 heavy (non-hydrogen) atoms.